The van der Waals surface area contributed by atoms with Crippen molar-refractivity contribution in [2.45, 2.75) is 51.1 Å². The molecular formula is C13H26N2O. The molecule has 2 aliphatic rings. The fourth-order valence-corrected chi connectivity index (χ4v) is 3.08. The number of hydrogen-bond acceptors (Lipinski definition) is 3. The Morgan fingerprint density at radius 1 is 1.06 bits per heavy atom. The Bertz CT molecular complexity index is 168. The van der Waals surface area contributed by atoms with Gasteiger partial charge in [0.15, 0.2) is 0 Å². The van der Waals surface area contributed by atoms with E-state index < -0.39 is 0 Å². The minimum atomic E-state index is 0.789. The zero-order chi connectivity index (χ0) is 11.2. The number of ether oxygens (including phenoxy) is 1. The number of piperidine rings is 1. The molecule has 0 aliphatic carbocycles. The van der Waals surface area contributed by atoms with E-state index in [9.17, 15) is 0 Å². The smallest absolute Gasteiger partial charge is 0.0480 e. The lowest BCUT2D eigenvalue weighted by molar-refractivity contribution is 0.0106. The van der Waals surface area contributed by atoms with Gasteiger partial charge >= 0.3 is 0 Å². The van der Waals surface area contributed by atoms with Crippen LogP contribution in [0.2, 0.25) is 0 Å². The lowest BCUT2D eigenvalue weighted by atomic mass is 9.98. The average Bonchev–Trinajstić information content (AvgIpc) is 2.38. The molecule has 0 atom stereocenters. The van der Waals surface area contributed by atoms with Gasteiger partial charge in [0.1, 0.15) is 0 Å². The van der Waals surface area contributed by atoms with Gasteiger partial charge in [-0.05, 0) is 51.7 Å². The summed E-state index contributed by atoms with van der Waals surface area (Å²) in [6.45, 7) is 7.91. The largest absolute Gasteiger partial charge is 0.381 e. The first-order valence-electron chi connectivity index (χ1n) is 6.96. The molecule has 3 heteroatoms. The first kappa shape index (κ1) is 12.3. The SMILES string of the molecule is CCCN(C1CCNCC1)C1CCOCC1. The molecule has 94 valence electrons. The maximum Gasteiger partial charge on any atom is 0.0480 e. The molecule has 0 bridgehead atoms. The average molecular weight is 226 g/mol. The Balaban J connectivity index is 1.91. The van der Waals surface area contributed by atoms with Gasteiger partial charge in [-0.25, -0.2) is 0 Å². The van der Waals surface area contributed by atoms with Crippen molar-refractivity contribution in [1.29, 1.82) is 0 Å². The molecule has 0 amide bonds. The molecule has 0 aromatic rings. The minimum Gasteiger partial charge on any atom is -0.381 e. The van der Waals surface area contributed by atoms with Gasteiger partial charge in [0.2, 0.25) is 0 Å². The van der Waals surface area contributed by atoms with E-state index in [1.807, 2.05) is 0 Å². The Kier molecular flexibility index (Phi) is 5.07. The van der Waals surface area contributed by atoms with Crippen LogP contribution in [0.3, 0.4) is 0 Å². The summed E-state index contributed by atoms with van der Waals surface area (Å²) in [5.41, 5.74) is 0. The zero-order valence-corrected chi connectivity index (χ0v) is 10.6. The van der Waals surface area contributed by atoms with E-state index in [0.29, 0.717) is 0 Å². The summed E-state index contributed by atoms with van der Waals surface area (Å²) in [5, 5.41) is 3.46. The molecule has 1 N–H and O–H groups in total. The van der Waals surface area contributed by atoms with Gasteiger partial charge in [-0.3, -0.25) is 4.90 Å². The predicted molar refractivity (Wildman–Crippen MR) is 66.7 cm³/mol. The highest BCUT2D eigenvalue weighted by Crippen LogP contribution is 2.21. The molecule has 2 fully saturated rings. The van der Waals surface area contributed by atoms with Gasteiger partial charge in [0.05, 0.1) is 0 Å². The molecule has 0 radical (unpaired) electrons. The number of hydrogen-bond donors (Lipinski definition) is 1. The standard InChI is InChI=1S/C13H26N2O/c1-2-9-15(12-3-7-14-8-4-12)13-5-10-16-11-6-13/h12-14H,2-11H2,1H3. The third-order valence-corrected chi connectivity index (χ3v) is 3.92. The van der Waals surface area contributed by atoms with Crippen molar-refractivity contribution in [2.75, 3.05) is 32.8 Å². The summed E-state index contributed by atoms with van der Waals surface area (Å²) < 4.78 is 5.48. The highest BCUT2D eigenvalue weighted by atomic mass is 16.5. The lowest BCUT2D eigenvalue weighted by Gasteiger charge is -2.41. The first-order valence-corrected chi connectivity index (χ1v) is 6.96. The third kappa shape index (κ3) is 3.19. The Hall–Kier alpha value is -0.120. The molecular weight excluding hydrogens is 200 g/mol. The second-order valence-corrected chi connectivity index (χ2v) is 5.06. The topological polar surface area (TPSA) is 24.5 Å². The van der Waals surface area contributed by atoms with Crippen LogP contribution >= 0.6 is 0 Å². The molecule has 2 rings (SSSR count). The molecule has 0 unspecified atom stereocenters. The number of rotatable bonds is 4. The van der Waals surface area contributed by atoms with E-state index >= 15 is 0 Å². The van der Waals surface area contributed by atoms with E-state index in [0.717, 1.165) is 25.3 Å². The predicted octanol–water partition coefficient (Wildman–Crippen LogP) is 1.63. The quantitative estimate of drug-likeness (QED) is 0.788. The number of nitrogens with zero attached hydrogens (tertiary/aromatic N) is 1. The summed E-state index contributed by atoms with van der Waals surface area (Å²) in [6.07, 6.45) is 6.42. The summed E-state index contributed by atoms with van der Waals surface area (Å²) in [4.78, 5) is 2.78. The van der Waals surface area contributed by atoms with Gasteiger partial charge in [0, 0.05) is 25.3 Å². The van der Waals surface area contributed by atoms with E-state index in [4.69, 9.17) is 4.74 Å². The first-order chi connectivity index (χ1) is 7.92. The second-order valence-electron chi connectivity index (χ2n) is 5.06. The monoisotopic (exact) mass is 226 g/mol. The van der Waals surface area contributed by atoms with Crippen LogP contribution in [-0.4, -0.2) is 49.8 Å². The van der Waals surface area contributed by atoms with E-state index in [1.54, 1.807) is 0 Å². The molecule has 3 nitrogen and oxygen atoms in total. The summed E-state index contributed by atoms with van der Waals surface area (Å²) in [7, 11) is 0. The fraction of sp³-hybridized carbons (Fsp3) is 1.00. The van der Waals surface area contributed by atoms with Crippen molar-refractivity contribution in [1.82, 2.24) is 10.2 Å². The fourth-order valence-electron chi connectivity index (χ4n) is 3.08. The summed E-state index contributed by atoms with van der Waals surface area (Å²) >= 11 is 0. The van der Waals surface area contributed by atoms with E-state index in [2.05, 4.69) is 17.1 Å². The Morgan fingerprint density at radius 3 is 2.31 bits per heavy atom. The van der Waals surface area contributed by atoms with E-state index in [1.165, 1.54) is 51.7 Å². The van der Waals surface area contributed by atoms with Crippen LogP contribution in [0.5, 0.6) is 0 Å². The third-order valence-electron chi connectivity index (χ3n) is 3.92. The molecule has 0 aromatic heterocycles. The number of nitrogens with one attached hydrogen (secondary N) is 1. The normalized spacial score (nSPS) is 25.1. The van der Waals surface area contributed by atoms with Crippen molar-refractivity contribution < 1.29 is 4.74 Å². The Morgan fingerprint density at radius 2 is 1.69 bits per heavy atom. The van der Waals surface area contributed by atoms with Crippen molar-refractivity contribution in [3.8, 4) is 0 Å². The maximum absolute atomic E-state index is 5.48. The second kappa shape index (κ2) is 6.58. The molecule has 2 aliphatic heterocycles. The lowest BCUT2D eigenvalue weighted by Crippen LogP contribution is -2.50. The van der Waals surface area contributed by atoms with Gasteiger partial charge in [-0.2, -0.15) is 0 Å². The highest BCUT2D eigenvalue weighted by molar-refractivity contribution is 4.84. The van der Waals surface area contributed by atoms with Crippen LogP contribution in [-0.2, 0) is 4.74 Å². The minimum absolute atomic E-state index is 0.789. The van der Waals surface area contributed by atoms with Crippen molar-refractivity contribution >= 4 is 0 Å². The molecule has 2 heterocycles. The summed E-state index contributed by atoms with van der Waals surface area (Å²) in [6, 6.07) is 1.61. The summed E-state index contributed by atoms with van der Waals surface area (Å²) in [5.74, 6) is 0. The van der Waals surface area contributed by atoms with Crippen molar-refractivity contribution in [2.24, 2.45) is 0 Å². The molecule has 0 aromatic carbocycles. The van der Waals surface area contributed by atoms with Crippen LogP contribution in [0.1, 0.15) is 39.0 Å². The zero-order valence-electron chi connectivity index (χ0n) is 10.6. The van der Waals surface area contributed by atoms with Gasteiger partial charge in [-0.1, -0.05) is 6.92 Å². The van der Waals surface area contributed by atoms with E-state index in [-0.39, 0.29) is 0 Å². The molecule has 2 saturated heterocycles. The molecule has 0 spiro atoms. The highest BCUT2D eigenvalue weighted by Gasteiger charge is 2.27. The van der Waals surface area contributed by atoms with Crippen LogP contribution in [0.25, 0.3) is 0 Å². The van der Waals surface area contributed by atoms with Gasteiger partial charge in [0.25, 0.3) is 0 Å². The van der Waals surface area contributed by atoms with Crippen LogP contribution in [0.4, 0.5) is 0 Å². The van der Waals surface area contributed by atoms with Crippen molar-refractivity contribution in [3.63, 3.8) is 0 Å². The van der Waals surface area contributed by atoms with Gasteiger partial charge < -0.3 is 10.1 Å². The molecule has 0 saturated carbocycles. The van der Waals surface area contributed by atoms with Gasteiger partial charge in [-0.15, -0.1) is 0 Å². The molecule has 16 heavy (non-hydrogen) atoms. The van der Waals surface area contributed by atoms with Crippen LogP contribution < -0.4 is 5.32 Å². The van der Waals surface area contributed by atoms with Crippen LogP contribution in [0, 0.1) is 0 Å². The maximum atomic E-state index is 5.48. The Labute approximate surface area is 99.5 Å². The van der Waals surface area contributed by atoms with Crippen LogP contribution in [0.15, 0.2) is 0 Å². The van der Waals surface area contributed by atoms with Crippen molar-refractivity contribution in [3.05, 3.63) is 0 Å².